The van der Waals surface area contributed by atoms with Gasteiger partial charge in [-0.3, -0.25) is 14.9 Å². The van der Waals surface area contributed by atoms with Gasteiger partial charge in [-0.05, 0) is 12.1 Å². The Kier molecular flexibility index (Phi) is 4.36. The third-order valence-electron chi connectivity index (χ3n) is 2.29. The number of aromatic nitrogens is 2. The fourth-order valence-electron chi connectivity index (χ4n) is 1.34. The van der Waals surface area contributed by atoms with Crippen LogP contribution in [0.5, 0.6) is 0 Å². The van der Waals surface area contributed by atoms with E-state index in [2.05, 4.69) is 20.0 Å². The van der Waals surface area contributed by atoms with Crippen molar-refractivity contribution >= 4 is 28.3 Å². The highest BCUT2D eigenvalue weighted by Gasteiger charge is 2.12. The minimum Gasteiger partial charge on any atom is -0.469 e. The van der Waals surface area contributed by atoms with Crippen LogP contribution in [0.15, 0.2) is 23.7 Å². The molecule has 0 saturated carbocycles. The van der Waals surface area contributed by atoms with E-state index in [1.807, 2.05) is 0 Å². The van der Waals surface area contributed by atoms with Crippen LogP contribution in [-0.2, 0) is 16.0 Å². The Labute approximate surface area is 117 Å². The van der Waals surface area contributed by atoms with Crippen LogP contribution in [0.2, 0.25) is 0 Å². The Morgan fingerprint density at radius 3 is 2.90 bits per heavy atom. The zero-order valence-corrected chi connectivity index (χ0v) is 11.2. The van der Waals surface area contributed by atoms with E-state index < -0.39 is 17.7 Å². The summed E-state index contributed by atoms with van der Waals surface area (Å²) in [7, 11) is 1.29. The molecule has 0 aliphatic rings. The zero-order valence-electron chi connectivity index (χ0n) is 10.4. The predicted octanol–water partition coefficient (Wildman–Crippen LogP) is 1.64. The van der Waals surface area contributed by atoms with Crippen molar-refractivity contribution < 1.29 is 18.7 Å². The second kappa shape index (κ2) is 6.20. The summed E-state index contributed by atoms with van der Waals surface area (Å²) in [6.45, 7) is 0. The lowest BCUT2D eigenvalue weighted by Gasteiger charge is -2.00. The monoisotopic (exact) mass is 295 g/mol. The largest absolute Gasteiger partial charge is 0.469 e. The van der Waals surface area contributed by atoms with Crippen LogP contribution in [0, 0.1) is 5.82 Å². The third-order valence-corrected chi connectivity index (χ3v) is 3.09. The topological polar surface area (TPSA) is 81.2 Å². The Morgan fingerprint density at radius 1 is 1.45 bits per heavy atom. The molecule has 0 aromatic carbocycles. The molecule has 0 spiro atoms. The number of carbonyl (C=O) groups is 2. The highest BCUT2D eigenvalue weighted by atomic mass is 32.1. The Bertz CT molecular complexity index is 627. The van der Waals surface area contributed by atoms with E-state index in [0.29, 0.717) is 10.8 Å². The summed E-state index contributed by atoms with van der Waals surface area (Å²) in [5.41, 5.74) is 0.584. The van der Waals surface area contributed by atoms with Crippen molar-refractivity contribution in [2.24, 2.45) is 0 Å². The number of nitrogens with zero attached hydrogens (tertiary/aromatic N) is 2. The number of halogens is 1. The summed E-state index contributed by atoms with van der Waals surface area (Å²) in [4.78, 5) is 30.6. The number of hydrogen-bond donors (Lipinski definition) is 1. The van der Waals surface area contributed by atoms with Gasteiger partial charge in [-0.15, -0.1) is 11.3 Å². The van der Waals surface area contributed by atoms with Gasteiger partial charge in [0, 0.05) is 5.38 Å². The lowest BCUT2D eigenvalue weighted by molar-refractivity contribution is -0.139. The summed E-state index contributed by atoms with van der Waals surface area (Å²) in [5, 5.41) is 4.50. The first-order chi connectivity index (χ1) is 9.58. The van der Waals surface area contributed by atoms with Crippen LogP contribution in [0.1, 0.15) is 16.2 Å². The van der Waals surface area contributed by atoms with Gasteiger partial charge in [0.2, 0.25) is 0 Å². The molecular weight excluding hydrogens is 285 g/mol. The number of hydrogen-bond acceptors (Lipinski definition) is 6. The first-order valence-electron chi connectivity index (χ1n) is 5.52. The number of thiazole rings is 1. The molecular formula is C12H10FN3O3S. The van der Waals surface area contributed by atoms with Crippen LogP contribution in [0.4, 0.5) is 9.52 Å². The average Bonchev–Trinajstić information content (AvgIpc) is 2.86. The van der Waals surface area contributed by atoms with E-state index in [1.165, 1.54) is 24.5 Å². The molecule has 0 fully saturated rings. The van der Waals surface area contributed by atoms with Gasteiger partial charge >= 0.3 is 5.97 Å². The van der Waals surface area contributed by atoms with Gasteiger partial charge in [-0.2, -0.15) is 0 Å². The standard InChI is InChI=1S/C12H10FN3O3S/c1-19-10(17)4-8-6-20-12(15-8)16-11(18)9-3-2-7(13)5-14-9/h2-3,5-6H,4H2,1H3,(H,15,16,18). The van der Waals surface area contributed by atoms with E-state index in [4.69, 9.17) is 0 Å². The van der Waals surface area contributed by atoms with Crippen LogP contribution >= 0.6 is 11.3 Å². The molecule has 8 heteroatoms. The number of ether oxygens (including phenoxy) is 1. The van der Waals surface area contributed by atoms with Crippen LogP contribution in [-0.4, -0.2) is 29.0 Å². The van der Waals surface area contributed by atoms with Gasteiger partial charge in [-0.1, -0.05) is 0 Å². The van der Waals surface area contributed by atoms with Crippen LogP contribution in [0.25, 0.3) is 0 Å². The number of anilines is 1. The molecule has 1 amide bonds. The SMILES string of the molecule is COC(=O)Cc1csc(NC(=O)c2ccc(F)cn2)n1. The van der Waals surface area contributed by atoms with E-state index in [1.54, 1.807) is 5.38 Å². The number of rotatable bonds is 4. The third kappa shape index (κ3) is 3.58. The number of nitrogens with one attached hydrogen (secondary N) is 1. The molecule has 2 aromatic heterocycles. The number of pyridine rings is 1. The summed E-state index contributed by atoms with van der Waals surface area (Å²) < 4.78 is 17.2. The second-order valence-electron chi connectivity index (χ2n) is 3.71. The fourth-order valence-corrected chi connectivity index (χ4v) is 2.04. The van der Waals surface area contributed by atoms with Crippen molar-refractivity contribution in [1.82, 2.24) is 9.97 Å². The van der Waals surface area contributed by atoms with Gasteiger partial charge < -0.3 is 4.74 Å². The first-order valence-corrected chi connectivity index (χ1v) is 6.40. The lowest BCUT2D eigenvalue weighted by atomic mass is 10.3. The van der Waals surface area contributed by atoms with Crippen molar-refractivity contribution in [3.8, 4) is 0 Å². The quantitative estimate of drug-likeness (QED) is 0.867. The molecule has 6 nitrogen and oxygen atoms in total. The summed E-state index contributed by atoms with van der Waals surface area (Å²) in [6.07, 6.45) is 0.997. The van der Waals surface area contributed by atoms with Gasteiger partial charge in [0.15, 0.2) is 5.13 Å². The van der Waals surface area contributed by atoms with Crippen molar-refractivity contribution in [3.05, 3.63) is 40.9 Å². The second-order valence-corrected chi connectivity index (χ2v) is 4.57. The summed E-state index contributed by atoms with van der Waals surface area (Å²) in [5.74, 6) is -1.42. The van der Waals surface area contributed by atoms with Crippen molar-refractivity contribution in [3.63, 3.8) is 0 Å². The van der Waals surface area contributed by atoms with Gasteiger partial charge in [0.05, 0.1) is 25.4 Å². The Balaban J connectivity index is 2.01. The molecule has 0 aliphatic heterocycles. The normalized spacial score (nSPS) is 10.1. The molecule has 0 radical (unpaired) electrons. The van der Waals surface area contributed by atoms with E-state index in [0.717, 1.165) is 12.3 Å². The Hall–Kier alpha value is -2.35. The van der Waals surface area contributed by atoms with E-state index in [9.17, 15) is 14.0 Å². The van der Waals surface area contributed by atoms with Crippen molar-refractivity contribution in [2.45, 2.75) is 6.42 Å². The lowest BCUT2D eigenvalue weighted by Crippen LogP contribution is -2.13. The minimum absolute atomic E-state index is 0.0394. The minimum atomic E-state index is -0.517. The van der Waals surface area contributed by atoms with E-state index >= 15 is 0 Å². The molecule has 0 unspecified atom stereocenters. The molecule has 0 aliphatic carbocycles. The molecule has 104 valence electrons. The number of carbonyl (C=O) groups excluding carboxylic acids is 2. The molecule has 0 saturated heterocycles. The molecule has 1 N–H and O–H groups in total. The van der Waals surface area contributed by atoms with Crippen LogP contribution in [0.3, 0.4) is 0 Å². The number of amides is 1. The van der Waals surface area contributed by atoms with Gasteiger partial charge in [0.1, 0.15) is 11.5 Å². The smallest absolute Gasteiger partial charge is 0.311 e. The van der Waals surface area contributed by atoms with Gasteiger partial charge in [0.25, 0.3) is 5.91 Å². The highest BCUT2D eigenvalue weighted by Crippen LogP contribution is 2.16. The fraction of sp³-hybridized carbons (Fsp3) is 0.167. The van der Waals surface area contributed by atoms with Crippen molar-refractivity contribution in [2.75, 3.05) is 12.4 Å². The van der Waals surface area contributed by atoms with Crippen molar-refractivity contribution in [1.29, 1.82) is 0 Å². The molecule has 2 rings (SSSR count). The molecule has 0 bridgehead atoms. The molecule has 0 atom stereocenters. The van der Waals surface area contributed by atoms with E-state index in [-0.39, 0.29) is 12.1 Å². The maximum Gasteiger partial charge on any atom is 0.311 e. The molecule has 2 heterocycles. The molecule has 2 aromatic rings. The zero-order chi connectivity index (χ0) is 14.5. The number of methoxy groups -OCH3 is 1. The average molecular weight is 295 g/mol. The summed E-state index contributed by atoms with van der Waals surface area (Å²) in [6, 6.07) is 2.42. The number of esters is 1. The maximum absolute atomic E-state index is 12.7. The Morgan fingerprint density at radius 2 is 2.25 bits per heavy atom. The van der Waals surface area contributed by atoms with Crippen LogP contribution < -0.4 is 5.32 Å². The van der Waals surface area contributed by atoms with Gasteiger partial charge in [-0.25, -0.2) is 14.4 Å². The molecule has 20 heavy (non-hydrogen) atoms. The first kappa shape index (κ1) is 14.1. The maximum atomic E-state index is 12.7. The predicted molar refractivity (Wildman–Crippen MR) is 70.0 cm³/mol. The summed E-state index contributed by atoms with van der Waals surface area (Å²) >= 11 is 1.18. The highest BCUT2D eigenvalue weighted by molar-refractivity contribution is 7.14.